The van der Waals surface area contributed by atoms with Gasteiger partial charge in [-0.3, -0.25) is 4.99 Å². The molecule has 1 aliphatic carbocycles. The first-order valence-electron chi connectivity index (χ1n) is 8.46. The summed E-state index contributed by atoms with van der Waals surface area (Å²) in [5.74, 6) is 0.939. The second kappa shape index (κ2) is 8.18. The lowest BCUT2D eigenvalue weighted by Crippen LogP contribution is -2.41. The highest BCUT2D eigenvalue weighted by atomic mass is 15.2. The van der Waals surface area contributed by atoms with Crippen molar-refractivity contribution in [1.29, 1.82) is 0 Å². The maximum Gasteiger partial charge on any atom is 0.191 e. The van der Waals surface area contributed by atoms with Crippen LogP contribution in [-0.2, 0) is 5.41 Å². The minimum atomic E-state index is 0.282. The van der Waals surface area contributed by atoms with E-state index in [4.69, 9.17) is 4.99 Å². The Morgan fingerprint density at radius 1 is 1.18 bits per heavy atom. The Balaban J connectivity index is 1.90. The molecule has 22 heavy (non-hydrogen) atoms. The first-order chi connectivity index (χ1) is 10.7. The molecule has 0 spiro atoms. The van der Waals surface area contributed by atoms with Crippen molar-refractivity contribution in [2.24, 2.45) is 4.99 Å². The normalized spacial score (nSPS) is 16.6. The van der Waals surface area contributed by atoms with Crippen molar-refractivity contribution in [3.63, 3.8) is 0 Å². The fourth-order valence-corrected chi connectivity index (χ4v) is 2.58. The SMILES string of the molecule is CCNC(=NCC1(c2ccccc2)CC1)NCCN(C)CC. The molecule has 122 valence electrons. The van der Waals surface area contributed by atoms with E-state index in [2.05, 4.69) is 66.8 Å². The van der Waals surface area contributed by atoms with Crippen molar-refractivity contribution in [2.45, 2.75) is 32.1 Å². The monoisotopic (exact) mass is 302 g/mol. The molecule has 1 fully saturated rings. The van der Waals surface area contributed by atoms with Crippen LogP contribution in [0, 0.1) is 0 Å². The van der Waals surface area contributed by atoms with Gasteiger partial charge in [0.2, 0.25) is 0 Å². The van der Waals surface area contributed by atoms with Crippen LogP contribution in [0.1, 0.15) is 32.3 Å². The van der Waals surface area contributed by atoms with Gasteiger partial charge in [-0.15, -0.1) is 0 Å². The summed E-state index contributed by atoms with van der Waals surface area (Å²) in [6.45, 7) is 9.09. The van der Waals surface area contributed by atoms with Crippen LogP contribution >= 0.6 is 0 Å². The van der Waals surface area contributed by atoms with Gasteiger partial charge in [0.15, 0.2) is 5.96 Å². The number of nitrogens with zero attached hydrogens (tertiary/aromatic N) is 2. The van der Waals surface area contributed by atoms with E-state index in [0.29, 0.717) is 0 Å². The van der Waals surface area contributed by atoms with Gasteiger partial charge in [0.1, 0.15) is 0 Å². The second-order valence-corrected chi connectivity index (χ2v) is 6.16. The summed E-state index contributed by atoms with van der Waals surface area (Å²) in [6, 6.07) is 10.8. The fraction of sp³-hybridized carbons (Fsp3) is 0.611. The molecule has 4 heteroatoms. The Bertz CT molecular complexity index is 465. The molecule has 1 saturated carbocycles. The third-order valence-corrected chi connectivity index (χ3v) is 4.45. The Labute approximate surface area is 135 Å². The lowest BCUT2D eigenvalue weighted by molar-refractivity contribution is 0.357. The Kier molecular flexibility index (Phi) is 6.25. The fourth-order valence-electron chi connectivity index (χ4n) is 2.58. The van der Waals surface area contributed by atoms with E-state index in [1.165, 1.54) is 18.4 Å². The average molecular weight is 302 g/mol. The zero-order valence-electron chi connectivity index (χ0n) is 14.2. The lowest BCUT2D eigenvalue weighted by Gasteiger charge is -2.18. The summed E-state index contributed by atoms with van der Waals surface area (Å²) < 4.78 is 0. The van der Waals surface area contributed by atoms with E-state index in [9.17, 15) is 0 Å². The third kappa shape index (κ3) is 4.73. The van der Waals surface area contributed by atoms with Crippen molar-refractivity contribution in [2.75, 3.05) is 39.8 Å². The summed E-state index contributed by atoms with van der Waals surface area (Å²) in [4.78, 5) is 7.12. The summed E-state index contributed by atoms with van der Waals surface area (Å²) in [5, 5.41) is 6.78. The van der Waals surface area contributed by atoms with Gasteiger partial charge < -0.3 is 15.5 Å². The van der Waals surface area contributed by atoms with E-state index in [-0.39, 0.29) is 5.41 Å². The smallest absolute Gasteiger partial charge is 0.191 e. The highest BCUT2D eigenvalue weighted by Gasteiger charge is 2.43. The van der Waals surface area contributed by atoms with Gasteiger partial charge in [0, 0.05) is 25.0 Å². The summed E-state index contributed by atoms with van der Waals surface area (Å²) in [6.07, 6.45) is 2.50. The molecule has 4 nitrogen and oxygen atoms in total. The van der Waals surface area contributed by atoms with Gasteiger partial charge in [-0.25, -0.2) is 0 Å². The molecule has 0 amide bonds. The first kappa shape index (κ1) is 16.8. The number of rotatable bonds is 8. The van der Waals surface area contributed by atoms with Crippen LogP contribution in [0.2, 0.25) is 0 Å². The van der Waals surface area contributed by atoms with E-state index in [0.717, 1.165) is 38.7 Å². The van der Waals surface area contributed by atoms with Crippen LogP contribution in [0.15, 0.2) is 35.3 Å². The average Bonchev–Trinajstić information content (AvgIpc) is 3.34. The molecular formula is C18H30N4. The molecule has 0 radical (unpaired) electrons. The molecular weight excluding hydrogens is 272 g/mol. The molecule has 2 rings (SSSR count). The number of likely N-dealkylation sites (N-methyl/N-ethyl adjacent to an activating group) is 1. The zero-order chi connectivity index (χ0) is 15.8. The lowest BCUT2D eigenvalue weighted by atomic mass is 9.96. The van der Waals surface area contributed by atoms with E-state index < -0.39 is 0 Å². The Morgan fingerprint density at radius 3 is 2.50 bits per heavy atom. The second-order valence-electron chi connectivity index (χ2n) is 6.16. The number of guanidine groups is 1. The molecule has 1 aromatic rings. The maximum atomic E-state index is 4.82. The van der Waals surface area contributed by atoms with Crippen molar-refractivity contribution in [3.05, 3.63) is 35.9 Å². The highest BCUT2D eigenvalue weighted by Crippen LogP contribution is 2.48. The van der Waals surface area contributed by atoms with Crippen LogP contribution in [0.3, 0.4) is 0 Å². The van der Waals surface area contributed by atoms with Crippen molar-refractivity contribution in [1.82, 2.24) is 15.5 Å². The molecule has 0 bridgehead atoms. The minimum Gasteiger partial charge on any atom is -0.357 e. The van der Waals surface area contributed by atoms with Crippen LogP contribution in [0.5, 0.6) is 0 Å². The third-order valence-electron chi connectivity index (χ3n) is 4.45. The molecule has 0 aliphatic heterocycles. The van der Waals surface area contributed by atoms with E-state index in [1.54, 1.807) is 0 Å². The highest BCUT2D eigenvalue weighted by molar-refractivity contribution is 5.79. The Morgan fingerprint density at radius 2 is 1.91 bits per heavy atom. The van der Waals surface area contributed by atoms with Gasteiger partial charge in [-0.05, 0) is 38.9 Å². The molecule has 0 atom stereocenters. The molecule has 0 heterocycles. The van der Waals surface area contributed by atoms with Crippen molar-refractivity contribution < 1.29 is 0 Å². The summed E-state index contributed by atoms with van der Waals surface area (Å²) in [5.41, 5.74) is 1.71. The molecule has 0 aromatic heterocycles. The maximum absolute atomic E-state index is 4.82. The minimum absolute atomic E-state index is 0.282. The topological polar surface area (TPSA) is 39.7 Å². The van der Waals surface area contributed by atoms with Crippen LogP contribution in [0.25, 0.3) is 0 Å². The number of nitrogens with one attached hydrogen (secondary N) is 2. The van der Waals surface area contributed by atoms with Crippen LogP contribution in [-0.4, -0.2) is 50.6 Å². The Hall–Kier alpha value is -1.55. The van der Waals surface area contributed by atoms with Crippen molar-refractivity contribution in [3.8, 4) is 0 Å². The van der Waals surface area contributed by atoms with Crippen LogP contribution in [0.4, 0.5) is 0 Å². The van der Waals surface area contributed by atoms with Crippen LogP contribution < -0.4 is 10.6 Å². The molecule has 0 unspecified atom stereocenters. The predicted octanol–water partition coefficient (Wildman–Crippen LogP) is 2.23. The van der Waals surface area contributed by atoms with Gasteiger partial charge >= 0.3 is 0 Å². The number of hydrogen-bond acceptors (Lipinski definition) is 2. The molecule has 1 aromatic carbocycles. The molecule has 0 saturated heterocycles. The zero-order valence-corrected chi connectivity index (χ0v) is 14.2. The quantitative estimate of drug-likeness (QED) is 0.571. The number of aliphatic imine (C=N–C) groups is 1. The van der Waals surface area contributed by atoms with Gasteiger partial charge in [0.05, 0.1) is 6.54 Å². The standard InChI is InChI=1S/C18H30N4/c1-4-19-17(20-13-14-22(3)5-2)21-15-18(11-12-18)16-9-7-6-8-10-16/h6-10H,4-5,11-15H2,1-3H3,(H2,19,20,21). The first-order valence-corrected chi connectivity index (χ1v) is 8.46. The summed E-state index contributed by atoms with van der Waals surface area (Å²) >= 11 is 0. The summed E-state index contributed by atoms with van der Waals surface area (Å²) in [7, 11) is 2.14. The van der Waals surface area contributed by atoms with E-state index in [1.807, 2.05) is 0 Å². The number of hydrogen-bond donors (Lipinski definition) is 2. The van der Waals surface area contributed by atoms with Crippen molar-refractivity contribution >= 4 is 5.96 Å². The molecule has 1 aliphatic rings. The number of benzene rings is 1. The van der Waals surface area contributed by atoms with E-state index >= 15 is 0 Å². The predicted molar refractivity (Wildman–Crippen MR) is 94.5 cm³/mol. The van der Waals surface area contributed by atoms with Gasteiger partial charge in [-0.2, -0.15) is 0 Å². The van der Waals surface area contributed by atoms with Gasteiger partial charge in [0.25, 0.3) is 0 Å². The largest absolute Gasteiger partial charge is 0.357 e. The molecule has 2 N–H and O–H groups in total. The van der Waals surface area contributed by atoms with Gasteiger partial charge in [-0.1, -0.05) is 37.3 Å².